The molecule has 0 aromatic heterocycles. The van der Waals surface area contributed by atoms with Crippen LogP contribution in [0.4, 0.5) is 0 Å². The smallest absolute Gasteiger partial charge is 0.156 e. The molecule has 0 saturated heterocycles. The summed E-state index contributed by atoms with van der Waals surface area (Å²) in [7, 11) is 1.49. The first-order chi connectivity index (χ1) is 6.54. The van der Waals surface area contributed by atoms with E-state index in [1.165, 1.54) is 7.11 Å². The zero-order chi connectivity index (χ0) is 10.9. The number of hydrogen-bond donors (Lipinski definition) is 1. The highest BCUT2D eigenvalue weighted by atomic mass is 79.9. The van der Waals surface area contributed by atoms with Gasteiger partial charge in [0.25, 0.3) is 0 Å². The molecule has 0 aliphatic carbocycles. The van der Waals surface area contributed by atoms with Crippen molar-refractivity contribution < 1.29 is 9.84 Å². The summed E-state index contributed by atoms with van der Waals surface area (Å²) in [6.07, 6.45) is 0. The minimum absolute atomic E-state index is 0.159. The van der Waals surface area contributed by atoms with Crippen molar-refractivity contribution in [3.63, 3.8) is 0 Å². The molecule has 0 fully saturated rings. The average Bonchev–Trinajstić information content (AvgIpc) is 2.16. The van der Waals surface area contributed by atoms with Gasteiger partial charge in [-0.1, -0.05) is 39.1 Å². The Morgan fingerprint density at radius 2 is 1.93 bits per heavy atom. The number of aliphatic hydroxyl groups excluding tert-OH is 1. The lowest BCUT2D eigenvalue weighted by Crippen LogP contribution is -1.96. The van der Waals surface area contributed by atoms with Crippen molar-refractivity contribution in [1.82, 2.24) is 0 Å². The molecule has 1 N–H and O–H groups in total. The number of aliphatic hydroxyl groups is 1. The Bertz CT molecular complexity index is 335. The topological polar surface area (TPSA) is 29.5 Å². The molecular weight excluding hydrogens is 291 g/mol. The monoisotopic (exact) mass is 298 g/mol. The maximum absolute atomic E-state index is 9.12. The van der Waals surface area contributed by atoms with E-state index >= 15 is 0 Å². The zero-order valence-corrected chi connectivity index (χ0v) is 10.8. The van der Waals surface area contributed by atoms with Crippen LogP contribution in [0.1, 0.15) is 11.1 Å². The van der Waals surface area contributed by atoms with Gasteiger partial charge in [0, 0.05) is 10.0 Å². The number of hydrogen-bond acceptors (Lipinski definition) is 2. The first-order valence-corrected chi connectivity index (χ1v) is 5.40. The van der Waals surface area contributed by atoms with E-state index in [-0.39, 0.29) is 6.61 Å². The highest BCUT2D eigenvalue weighted by Crippen LogP contribution is 2.42. The average molecular weight is 300 g/mol. The third kappa shape index (κ3) is 1.87. The SMILES string of the molecule is COc1c(Cl)c(C)c(Br)c(CO)c1Cl. The summed E-state index contributed by atoms with van der Waals surface area (Å²) in [5.74, 6) is 0.401. The summed E-state index contributed by atoms with van der Waals surface area (Å²) in [5, 5.41) is 9.93. The Hall–Kier alpha value is 0.0400. The summed E-state index contributed by atoms with van der Waals surface area (Å²) in [5.41, 5.74) is 1.39. The van der Waals surface area contributed by atoms with Gasteiger partial charge in [-0.15, -0.1) is 0 Å². The number of benzene rings is 1. The lowest BCUT2D eigenvalue weighted by molar-refractivity contribution is 0.280. The number of rotatable bonds is 2. The van der Waals surface area contributed by atoms with Crippen LogP contribution < -0.4 is 4.74 Å². The van der Waals surface area contributed by atoms with Gasteiger partial charge in [0.2, 0.25) is 0 Å². The van der Waals surface area contributed by atoms with Gasteiger partial charge < -0.3 is 9.84 Å². The van der Waals surface area contributed by atoms with Crippen molar-refractivity contribution in [2.24, 2.45) is 0 Å². The minimum Gasteiger partial charge on any atom is -0.494 e. The lowest BCUT2D eigenvalue weighted by atomic mass is 10.1. The van der Waals surface area contributed by atoms with Crippen molar-refractivity contribution in [1.29, 1.82) is 0 Å². The van der Waals surface area contributed by atoms with E-state index < -0.39 is 0 Å². The first kappa shape index (κ1) is 12.1. The molecule has 0 radical (unpaired) electrons. The second kappa shape index (κ2) is 4.71. The highest BCUT2D eigenvalue weighted by molar-refractivity contribution is 9.10. The summed E-state index contributed by atoms with van der Waals surface area (Å²) in [6, 6.07) is 0. The van der Waals surface area contributed by atoms with Gasteiger partial charge in [-0.05, 0) is 12.5 Å². The van der Waals surface area contributed by atoms with E-state index in [9.17, 15) is 0 Å². The summed E-state index contributed by atoms with van der Waals surface area (Å²) < 4.78 is 5.78. The molecule has 0 saturated carbocycles. The van der Waals surface area contributed by atoms with Crippen LogP contribution in [0.3, 0.4) is 0 Å². The molecule has 0 atom stereocenters. The van der Waals surface area contributed by atoms with Crippen LogP contribution in [0.5, 0.6) is 5.75 Å². The zero-order valence-electron chi connectivity index (χ0n) is 7.70. The van der Waals surface area contributed by atoms with Gasteiger partial charge in [0.05, 0.1) is 23.8 Å². The van der Waals surface area contributed by atoms with Crippen molar-refractivity contribution in [2.75, 3.05) is 7.11 Å². The van der Waals surface area contributed by atoms with E-state index in [0.717, 1.165) is 10.0 Å². The number of ether oxygens (including phenoxy) is 1. The normalized spacial score (nSPS) is 10.4. The van der Waals surface area contributed by atoms with E-state index in [0.29, 0.717) is 21.4 Å². The number of halogens is 3. The maximum Gasteiger partial charge on any atom is 0.156 e. The van der Waals surface area contributed by atoms with Crippen LogP contribution in [-0.2, 0) is 6.61 Å². The van der Waals surface area contributed by atoms with Crippen molar-refractivity contribution >= 4 is 39.1 Å². The maximum atomic E-state index is 9.12. The predicted octanol–water partition coefficient (Wildman–Crippen LogP) is 3.57. The molecule has 0 unspecified atom stereocenters. The minimum atomic E-state index is -0.159. The molecule has 0 amide bonds. The van der Waals surface area contributed by atoms with Crippen LogP contribution >= 0.6 is 39.1 Å². The largest absolute Gasteiger partial charge is 0.494 e. The van der Waals surface area contributed by atoms with Crippen molar-refractivity contribution in [3.8, 4) is 5.75 Å². The molecule has 0 spiro atoms. The second-order valence-corrected chi connectivity index (χ2v) is 4.29. The molecule has 0 aliphatic rings. The van der Waals surface area contributed by atoms with E-state index in [2.05, 4.69) is 15.9 Å². The van der Waals surface area contributed by atoms with E-state index in [1.54, 1.807) is 0 Å². The fraction of sp³-hybridized carbons (Fsp3) is 0.333. The van der Waals surface area contributed by atoms with Crippen LogP contribution in [0.2, 0.25) is 10.0 Å². The van der Waals surface area contributed by atoms with Gasteiger partial charge >= 0.3 is 0 Å². The third-order valence-electron chi connectivity index (χ3n) is 1.95. The fourth-order valence-electron chi connectivity index (χ4n) is 1.14. The summed E-state index contributed by atoms with van der Waals surface area (Å²) in [6.45, 7) is 1.66. The summed E-state index contributed by atoms with van der Waals surface area (Å²) in [4.78, 5) is 0. The van der Waals surface area contributed by atoms with Gasteiger partial charge in [0.15, 0.2) is 5.75 Å². The third-order valence-corrected chi connectivity index (χ3v) is 3.88. The van der Waals surface area contributed by atoms with E-state index in [4.69, 9.17) is 33.0 Å². The van der Waals surface area contributed by atoms with Gasteiger partial charge in [-0.3, -0.25) is 0 Å². The molecule has 2 nitrogen and oxygen atoms in total. The molecule has 78 valence electrons. The molecular formula is C9H9BrCl2O2. The van der Waals surface area contributed by atoms with Crippen LogP contribution in [0, 0.1) is 6.92 Å². The number of methoxy groups -OCH3 is 1. The van der Waals surface area contributed by atoms with Crippen LogP contribution in [-0.4, -0.2) is 12.2 Å². The standard InChI is InChI=1S/C9H9BrCl2O2/c1-4-6(10)5(3-13)8(12)9(14-2)7(4)11/h13H,3H2,1-2H3. The molecule has 14 heavy (non-hydrogen) atoms. The Labute approximate surface area is 101 Å². The van der Waals surface area contributed by atoms with Crippen molar-refractivity contribution in [2.45, 2.75) is 13.5 Å². The summed E-state index contributed by atoms with van der Waals surface area (Å²) >= 11 is 15.3. The molecule has 1 rings (SSSR count). The van der Waals surface area contributed by atoms with Crippen LogP contribution in [0.25, 0.3) is 0 Å². The van der Waals surface area contributed by atoms with Crippen LogP contribution in [0.15, 0.2) is 4.47 Å². The molecule has 1 aromatic rings. The van der Waals surface area contributed by atoms with Crippen molar-refractivity contribution in [3.05, 3.63) is 25.6 Å². The second-order valence-electron chi connectivity index (χ2n) is 2.74. The van der Waals surface area contributed by atoms with Gasteiger partial charge in [0.1, 0.15) is 0 Å². The van der Waals surface area contributed by atoms with E-state index in [1.807, 2.05) is 6.92 Å². The Morgan fingerprint density at radius 3 is 2.36 bits per heavy atom. The van der Waals surface area contributed by atoms with Gasteiger partial charge in [-0.25, -0.2) is 0 Å². The molecule has 0 bridgehead atoms. The fourth-order valence-corrected chi connectivity index (χ4v) is 2.53. The quantitative estimate of drug-likeness (QED) is 0.905. The highest BCUT2D eigenvalue weighted by Gasteiger charge is 2.18. The Kier molecular flexibility index (Phi) is 4.07. The predicted molar refractivity (Wildman–Crippen MR) is 61.4 cm³/mol. The Balaban J connectivity index is 3.56. The molecule has 0 aliphatic heterocycles. The molecule has 5 heteroatoms. The Morgan fingerprint density at radius 1 is 1.36 bits per heavy atom. The molecule has 1 aromatic carbocycles. The first-order valence-electron chi connectivity index (χ1n) is 3.85. The van der Waals surface area contributed by atoms with Gasteiger partial charge in [-0.2, -0.15) is 0 Å². The lowest BCUT2D eigenvalue weighted by Gasteiger charge is -2.14. The molecule has 0 heterocycles.